The van der Waals surface area contributed by atoms with Crippen LogP contribution in [0.4, 0.5) is 5.69 Å². The van der Waals surface area contributed by atoms with Gasteiger partial charge in [-0.25, -0.2) is 8.42 Å². The molecule has 0 spiro atoms. The summed E-state index contributed by atoms with van der Waals surface area (Å²) in [4.78, 5) is 28.5. The summed E-state index contributed by atoms with van der Waals surface area (Å²) in [6, 6.07) is 17.3. The van der Waals surface area contributed by atoms with E-state index in [0.717, 1.165) is 21.9 Å². The number of aryl methyl sites for hydroxylation is 1. The van der Waals surface area contributed by atoms with Crippen LogP contribution in [0.15, 0.2) is 71.6 Å². The van der Waals surface area contributed by atoms with Crippen LogP contribution in [0, 0.1) is 6.92 Å². The van der Waals surface area contributed by atoms with Gasteiger partial charge in [0.2, 0.25) is 11.8 Å². The van der Waals surface area contributed by atoms with Crippen LogP contribution in [0.25, 0.3) is 0 Å². The molecule has 0 aliphatic carbocycles. The molecule has 11 heteroatoms. The molecule has 0 heterocycles. The topological polar surface area (TPSA) is 114 Å². The monoisotopic (exact) mass is 597 g/mol. The van der Waals surface area contributed by atoms with Gasteiger partial charge in [-0.2, -0.15) is 0 Å². The molecule has 0 saturated carbocycles. The quantitative estimate of drug-likeness (QED) is 0.297. The summed E-state index contributed by atoms with van der Waals surface area (Å²) >= 11 is 0. The van der Waals surface area contributed by atoms with Gasteiger partial charge in [0.25, 0.3) is 10.0 Å². The van der Waals surface area contributed by atoms with Crippen molar-refractivity contribution in [2.45, 2.75) is 44.7 Å². The van der Waals surface area contributed by atoms with E-state index in [-0.39, 0.29) is 23.0 Å². The Labute approximate surface area is 248 Å². The number of ether oxygens (including phenoxy) is 3. The van der Waals surface area contributed by atoms with Crippen molar-refractivity contribution in [1.29, 1.82) is 0 Å². The Balaban J connectivity index is 2.08. The fourth-order valence-corrected chi connectivity index (χ4v) is 5.70. The molecular formula is C31H39N3O7S. The molecule has 0 radical (unpaired) electrons. The Kier molecular flexibility index (Phi) is 11.2. The van der Waals surface area contributed by atoms with Crippen LogP contribution in [0.5, 0.6) is 17.2 Å². The van der Waals surface area contributed by atoms with Crippen LogP contribution >= 0.6 is 0 Å². The highest BCUT2D eigenvalue weighted by atomic mass is 32.2. The molecule has 0 aliphatic rings. The van der Waals surface area contributed by atoms with Crippen molar-refractivity contribution in [3.05, 3.63) is 77.9 Å². The molecule has 10 nitrogen and oxygen atoms in total. The van der Waals surface area contributed by atoms with Gasteiger partial charge in [0, 0.05) is 19.2 Å². The number of rotatable bonds is 14. The average Bonchev–Trinajstić information content (AvgIpc) is 3.00. The van der Waals surface area contributed by atoms with Gasteiger partial charge in [-0.1, -0.05) is 36.8 Å². The number of hydrogen-bond acceptors (Lipinski definition) is 7. The van der Waals surface area contributed by atoms with E-state index in [9.17, 15) is 18.0 Å². The Morgan fingerprint density at radius 1 is 0.905 bits per heavy atom. The second kappa shape index (κ2) is 14.6. The number of nitrogens with one attached hydrogen (secondary N) is 1. The second-order valence-electron chi connectivity index (χ2n) is 9.70. The first-order chi connectivity index (χ1) is 20.0. The zero-order chi connectivity index (χ0) is 30.9. The molecule has 0 aliphatic heterocycles. The fourth-order valence-electron chi connectivity index (χ4n) is 4.29. The van der Waals surface area contributed by atoms with Crippen molar-refractivity contribution < 1.29 is 32.2 Å². The molecule has 0 unspecified atom stereocenters. The van der Waals surface area contributed by atoms with Gasteiger partial charge >= 0.3 is 0 Å². The van der Waals surface area contributed by atoms with E-state index < -0.39 is 28.5 Å². The van der Waals surface area contributed by atoms with Crippen molar-refractivity contribution in [3.8, 4) is 17.2 Å². The lowest BCUT2D eigenvalue weighted by Crippen LogP contribution is -2.51. The van der Waals surface area contributed by atoms with E-state index in [0.29, 0.717) is 23.8 Å². The van der Waals surface area contributed by atoms with E-state index in [1.54, 1.807) is 56.5 Å². The first kappa shape index (κ1) is 32.3. The highest BCUT2D eigenvalue weighted by Gasteiger charge is 2.33. The Hall–Kier alpha value is -4.25. The minimum absolute atomic E-state index is 0.0174. The average molecular weight is 598 g/mol. The molecule has 3 rings (SSSR count). The summed E-state index contributed by atoms with van der Waals surface area (Å²) in [7, 11) is 0.241. The Morgan fingerprint density at radius 2 is 1.60 bits per heavy atom. The molecule has 0 saturated heterocycles. The standard InChI is InChI=1S/C31H39N3O7S/c1-7-17-32-31(36)23(3)33(20-24-9-8-10-26(18-24)39-4)30(35)21-34(25-13-16-28(40-5)29(19-25)41-6)42(37,38)27-14-11-22(2)12-15-27/h8-16,18-19,23H,7,17,20-21H2,1-6H3,(H,32,36)/t23-/m0/s1. The number of carbonyl (C=O) groups is 2. The van der Waals surface area contributed by atoms with Crippen molar-refractivity contribution in [1.82, 2.24) is 10.2 Å². The maximum Gasteiger partial charge on any atom is 0.264 e. The number of nitrogens with zero attached hydrogens (tertiary/aromatic N) is 2. The van der Waals surface area contributed by atoms with E-state index in [1.807, 2.05) is 19.9 Å². The predicted molar refractivity (Wildman–Crippen MR) is 162 cm³/mol. The number of carbonyl (C=O) groups excluding carboxylic acids is 2. The summed E-state index contributed by atoms with van der Waals surface area (Å²) < 4.78 is 45.2. The summed E-state index contributed by atoms with van der Waals surface area (Å²) in [5, 5.41) is 2.83. The van der Waals surface area contributed by atoms with Crippen molar-refractivity contribution in [2.24, 2.45) is 0 Å². The maximum atomic E-state index is 14.1. The molecule has 3 aromatic rings. The first-order valence-electron chi connectivity index (χ1n) is 13.6. The van der Waals surface area contributed by atoms with Gasteiger partial charge in [-0.3, -0.25) is 13.9 Å². The summed E-state index contributed by atoms with van der Waals surface area (Å²) in [6.45, 7) is 5.35. The molecule has 42 heavy (non-hydrogen) atoms. The zero-order valence-electron chi connectivity index (χ0n) is 24.9. The molecule has 0 fully saturated rings. The summed E-state index contributed by atoms with van der Waals surface area (Å²) in [5.41, 5.74) is 1.81. The number of benzene rings is 3. The number of hydrogen-bond donors (Lipinski definition) is 1. The number of anilines is 1. The normalized spacial score (nSPS) is 11.8. The van der Waals surface area contributed by atoms with Gasteiger partial charge in [-0.05, 0) is 62.2 Å². The largest absolute Gasteiger partial charge is 0.497 e. The molecule has 1 atom stereocenters. The third kappa shape index (κ3) is 7.73. The lowest BCUT2D eigenvalue weighted by atomic mass is 10.1. The van der Waals surface area contributed by atoms with Crippen LogP contribution in [0.1, 0.15) is 31.4 Å². The minimum Gasteiger partial charge on any atom is -0.497 e. The van der Waals surface area contributed by atoms with Crippen LogP contribution in [-0.4, -0.2) is 65.6 Å². The molecule has 226 valence electrons. The second-order valence-corrected chi connectivity index (χ2v) is 11.6. The number of amides is 2. The highest BCUT2D eigenvalue weighted by Crippen LogP contribution is 2.34. The molecule has 0 aromatic heterocycles. The third-order valence-electron chi connectivity index (χ3n) is 6.75. The zero-order valence-corrected chi connectivity index (χ0v) is 25.7. The minimum atomic E-state index is -4.22. The van der Waals surface area contributed by atoms with E-state index in [1.165, 1.54) is 37.3 Å². The van der Waals surface area contributed by atoms with Gasteiger partial charge in [0.15, 0.2) is 11.5 Å². The van der Waals surface area contributed by atoms with Crippen molar-refractivity contribution >= 4 is 27.5 Å². The van der Waals surface area contributed by atoms with Crippen molar-refractivity contribution in [2.75, 3.05) is 38.7 Å². The van der Waals surface area contributed by atoms with Crippen LogP contribution in [0.2, 0.25) is 0 Å². The lowest BCUT2D eigenvalue weighted by molar-refractivity contribution is -0.139. The third-order valence-corrected chi connectivity index (χ3v) is 8.53. The molecule has 2 amide bonds. The molecule has 0 bridgehead atoms. The predicted octanol–water partition coefficient (Wildman–Crippen LogP) is 4.16. The lowest BCUT2D eigenvalue weighted by Gasteiger charge is -2.32. The Bertz CT molecular complexity index is 1480. The Morgan fingerprint density at radius 3 is 2.21 bits per heavy atom. The van der Waals surface area contributed by atoms with Crippen molar-refractivity contribution in [3.63, 3.8) is 0 Å². The SMILES string of the molecule is CCCNC(=O)[C@H](C)N(Cc1cccc(OC)c1)C(=O)CN(c1ccc(OC)c(OC)c1)S(=O)(=O)c1ccc(C)cc1. The molecule has 3 aromatic carbocycles. The van der Waals surface area contributed by atoms with E-state index in [4.69, 9.17) is 14.2 Å². The number of sulfonamides is 1. The van der Waals surface area contributed by atoms with Gasteiger partial charge in [0.05, 0.1) is 31.9 Å². The van der Waals surface area contributed by atoms with E-state index in [2.05, 4.69) is 5.32 Å². The van der Waals surface area contributed by atoms with Crippen LogP contribution in [-0.2, 0) is 26.2 Å². The van der Waals surface area contributed by atoms with Crippen LogP contribution < -0.4 is 23.8 Å². The van der Waals surface area contributed by atoms with Gasteiger partial charge in [-0.15, -0.1) is 0 Å². The van der Waals surface area contributed by atoms with E-state index >= 15 is 0 Å². The fraction of sp³-hybridized carbons (Fsp3) is 0.355. The highest BCUT2D eigenvalue weighted by molar-refractivity contribution is 7.92. The molecular weight excluding hydrogens is 558 g/mol. The van der Waals surface area contributed by atoms with Crippen LogP contribution in [0.3, 0.4) is 0 Å². The van der Waals surface area contributed by atoms with Gasteiger partial charge in [0.1, 0.15) is 18.3 Å². The smallest absolute Gasteiger partial charge is 0.264 e. The summed E-state index contributed by atoms with van der Waals surface area (Å²) in [5.74, 6) is 0.389. The van der Waals surface area contributed by atoms with Gasteiger partial charge < -0.3 is 24.4 Å². The first-order valence-corrected chi connectivity index (χ1v) is 15.0. The number of methoxy groups -OCH3 is 3. The maximum absolute atomic E-state index is 14.1. The molecule has 1 N–H and O–H groups in total. The summed E-state index contributed by atoms with van der Waals surface area (Å²) in [6.07, 6.45) is 0.726.